The monoisotopic (exact) mass is 300 g/mol. The Morgan fingerprint density at radius 2 is 2.14 bits per heavy atom. The summed E-state index contributed by atoms with van der Waals surface area (Å²) in [6.07, 6.45) is 0. The Balaban J connectivity index is 1.72. The van der Waals surface area contributed by atoms with Gasteiger partial charge < -0.3 is 5.32 Å². The third-order valence-electron chi connectivity index (χ3n) is 3.21. The van der Waals surface area contributed by atoms with Gasteiger partial charge in [-0.25, -0.2) is 4.68 Å². The number of carbonyl (C=O) groups excluding carboxylic acids is 1. The smallest absolute Gasteiger partial charge is 0.251 e. The first-order valence-electron chi connectivity index (χ1n) is 6.45. The summed E-state index contributed by atoms with van der Waals surface area (Å²) in [6, 6.07) is 12.7. The first-order chi connectivity index (χ1) is 10.1. The van der Waals surface area contributed by atoms with Gasteiger partial charge in [0.1, 0.15) is 5.52 Å². The second-order valence-corrected chi connectivity index (χ2v) is 5.17. The highest BCUT2D eigenvalue weighted by Crippen LogP contribution is 2.13. The highest BCUT2D eigenvalue weighted by molar-refractivity contribution is 6.30. The van der Waals surface area contributed by atoms with Gasteiger partial charge in [0.2, 0.25) is 0 Å². The number of halogens is 1. The van der Waals surface area contributed by atoms with E-state index in [2.05, 4.69) is 15.6 Å². The molecule has 1 amide bonds. The van der Waals surface area contributed by atoms with Crippen molar-refractivity contribution >= 4 is 28.5 Å². The van der Waals surface area contributed by atoms with Crippen LogP contribution in [-0.2, 0) is 13.6 Å². The number of fused-ring (bicyclic) bond motifs is 1. The van der Waals surface area contributed by atoms with Gasteiger partial charge in [0, 0.05) is 24.2 Å². The molecule has 21 heavy (non-hydrogen) atoms. The zero-order valence-corrected chi connectivity index (χ0v) is 12.1. The zero-order chi connectivity index (χ0) is 14.8. The molecule has 5 nitrogen and oxygen atoms in total. The topological polar surface area (TPSA) is 59.8 Å². The number of hydrogen-bond donors (Lipinski definition) is 1. The summed E-state index contributed by atoms with van der Waals surface area (Å²) in [6.45, 7) is 0.428. The Labute approximate surface area is 126 Å². The van der Waals surface area contributed by atoms with E-state index < -0.39 is 0 Å². The summed E-state index contributed by atoms with van der Waals surface area (Å²) >= 11 is 5.88. The first-order valence-corrected chi connectivity index (χ1v) is 6.83. The van der Waals surface area contributed by atoms with Crippen molar-refractivity contribution in [1.82, 2.24) is 20.3 Å². The van der Waals surface area contributed by atoms with Crippen LogP contribution in [0.1, 0.15) is 15.9 Å². The number of aromatic nitrogens is 3. The van der Waals surface area contributed by atoms with Gasteiger partial charge in [-0.2, -0.15) is 0 Å². The lowest BCUT2D eigenvalue weighted by atomic mass is 10.1. The van der Waals surface area contributed by atoms with Gasteiger partial charge in [-0.1, -0.05) is 28.9 Å². The van der Waals surface area contributed by atoms with Crippen LogP contribution in [0.4, 0.5) is 0 Å². The van der Waals surface area contributed by atoms with E-state index in [-0.39, 0.29) is 5.91 Å². The van der Waals surface area contributed by atoms with E-state index >= 15 is 0 Å². The molecule has 0 bridgehead atoms. The number of rotatable bonds is 3. The van der Waals surface area contributed by atoms with Crippen molar-refractivity contribution in [3.8, 4) is 0 Å². The molecule has 106 valence electrons. The van der Waals surface area contributed by atoms with E-state index in [4.69, 9.17) is 11.6 Å². The molecule has 1 aromatic heterocycles. The van der Waals surface area contributed by atoms with Crippen molar-refractivity contribution in [3.63, 3.8) is 0 Å². The van der Waals surface area contributed by atoms with Crippen molar-refractivity contribution in [3.05, 3.63) is 58.6 Å². The minimum absolute atomic E-state index is 0.156. The molecule has 0 spiro atoms. The molecular weight excluding hydrogens is 288 g/mol. The van der Waals surface area contributed by atoms with E-state index in [1.165, 1.54) is 0 Å². The largest absolute Gasteiger partial charge is 0.348 e. The summed E-state index contributed by atoms with van der Waals surface area (Å²) in [5.74, 6) is -0.156. The van der Waals surface area contributed by atoms with Crippen LogP contribution in [0.25, 0.3) is 11.0 Å². The molecule has 0 atom stereocenters. The molecule has 6 heteroatoms. The number of nitrogens with one attached hydrogen (secondary N) is 1. The van der Waals surface area contributed by atoms with Crippen LogP contribution in [0, 0.1) is 0 Å². The normalized spacial score (nSPS) is 10.8. The third kappa shape index (κ3) is 2.87. The Morgan fingerprint density at radius 3 is 2.95 bits per heavy atom. The fraction of sp³-hybridized carbons (Fsp3) is 0.133. The van der Waals surface area contributed by atoms with Gasteiger partial charge in [-0.15, -0.1) is 5.10 Å². The summed E-state index contributed by atoms with van der Waals surface area (Å²) in [7, 11) is 1.84. The van der Waals surface area contributed by atoms with E-state index in [0.717, 1.165) is 16.6 Å². The van der Waals surface area contributed by atoms with Gasteiger partial charge in [0.15, 0.2) is 0 Å². The SMILES string of the molecule is Cn1nnc2cc(CNC(=O)c3cccc(Cl)c3)ccc21. The lowest BCUT2D eigenvalue weighted by Gasteiger charge is -2.06. The average molecular weight is 301 g/mol. The van der Waals surface area contributed by atoms with Gasteiger partial charge in [0.05, 0.1) is 5.52 Å². The predicted octanol–water partition coefficient (Wildman–Crippen LogP) is 2.55. The first kappa shape index (κ1) is 13.6. The van der Waals surface area contributed by atoms with Crippen LogP contribution in [-0.4, -0.2) is 20.9 Å². The number of aryl methyl sites for hydroxylation is 1. The minimum atomic E-state index is -0.156. The van der Waals surface area contributed by atoms with Gasteiger partial charge >= 0.3 is 0 Å². The van der Waals surface area contributed by atoms with Crippen LogP contribution in [0.3, 0.4) is 0 Å². The predicted molar refractivity (Wildman–Crippen MR) is 81.1 cm³/mol. The van der Waals surface area contributed by atoms with E-state index in [0.29, 0.717) is 17.1 Å². The molecule has 3 aromatic rings. The molecular formula is C15H13ClN4O. The van der Waals surface area contributed by atoms with Crippen molar-refractivity contribution in [2.75, 3.05) is 0 Å². The lowest BCUT2D eigenvalue weighted by molar-refractivity contribution is 0.0951. The number of carbonyl (C=O) groups is 1. The maximum atomic E-state index is 12.0. The quantitative estimate of drug-likeness (QED) is 0.808. The van der Waals surface area contributed by atoms with Crippen molar-refractivity contribution in [2.24, 2.45) is 7.05 Å². The number of nitrogens with zero attached hydrogens (tertiary/aromatic N) is 3. The Hall–Kier alpha value is -2.40. The Kier molecular flexibility index (Phi) is 3.58. The van der Waals surface area contributed by atoms with Crippen LogP contribution >= 0.6 is 11.6 Å². The maximum Gasteiger partial charge on any atom is 0.251 e. The highest BCUT2D eigenvalue weighted by atomic mass is 35.5. The Morgan fingerprint density at radius 1 is 1.29 bits per heavy atom. The molecule has 3 rings (SSSR count). The van der Waals surface area contributed by atoms with Crippen LogP contribution in [0.2, 0.25) is 5.02 Å². The summed E-state index contributed by atoms with van der Waals surface area (Å²) in [4.78, 5) is 12.0. The van der Waals surface area contributed by atoms with Crippen LogP contribution < -0.4 is 5.32 Å². The van der Waals surface area contributed by atoms with Crippen LogP contribution in [0.5, 0.6) is 0 Å². The molecule has 0 saturated carbocycles. The summed E-state index contributed by atoms with van der Waals surface area (Å²) in [5.41, 5.74) is 3.29. The van der Waals surface area contributed by atoms with E-state index in [1.807, 2.05) is 25.2 Å². The second-order valence-electron chi connectivity index (χ2n) is 4.73. The summed E-state index contributed by atoms with van der Waals surface area (Å²) < 4.78 is 1.71. The number of hydrogen-bond acceptors (Lipinski definition) is 3. The van der Waals surface area contributed by atoms with E-state index in [1.54, 1.807) is 28.9 Å². The average Bonchev–Trinajstić information content (AvgIpc) is 2.86. The molecule has 0 aliphatic carbocycles. The molecule has 1 N–H and O–H groups in total. The maximum absolute atomic E-state index is 12.0. The van der Waals surface area contributed by atoms with Gasteiger partial charge in [0.25, 0.3) is 5.91 Å². The van der Waals surface area contributed by atoms with Gasteiger partial charge in [-0.3, -0.25) is 4.79 Å². The fourth-order valence-electron chi connectivity index (χ4n) is 2.11. The molecule has 0 saturated heterocycles. The zero-order valence-electron chi connectivity index (χ0n) is 11.4. The number of benzene rings is 2. The molecule has 0 radical (unpaired) electrons. The molecule has 0 aliphatic rings. The molecule has 2 aromatic carbocycles. The van der Waals surface area contributed by atoms with E-state index in [9.17, 15) is 4.79 Å². The van der Waals surface area contributed by atoms with Crippen molar-refractivity contribution in [2.45, 2.75) is 6.54 Å². The molecule has 0 fully saturated rings. The molecule has 0 unspecified atom stereocenters. The van der Waals surface area contributed by atoms with Crippen molar-refractivity contribution in [1.29, 1.82) is 0 Å². The Bertz CT molecular complexity index is 812. The fourth-order valence-corrected chi connectivity index (χ4v) is 2.30. The molecule has 0 aliphatic heterocycles. The van der Waals surface area contributed by atoms with Gasteiger partial charge in [-0.05, 0) is 35.9 Å². The standard InChI is InChI=1S/C15H13ClN4O/c1-20-14-6-5-10(7-13(14)18-19-20)9-17-15(21)11-3-2-4-12(16)8-11/h2-8H,9H2,1H3,(H,17,21). The summed E-state index contributed by atoms with van der Waals surface area (Å²) in [5, 5.41) is 11.4. The minimum Gasteiger partial charge on any atom is -0.348 e. The van der Waals surface area contributed by atoms with Crippen molar-refractivity contribution < 1.29 is 4.79 Å². The lowest BCUT2D eigenvalue weighted by Crippen LogP contribution is -2.22. The second kappa shape index (κ2) is 5.54. The number of amides is 1. The van der Waals surface area contributed by atoms with Crippen LogP contribution in [0.15, 0.2) is 42.5 Å². The highest BCUT2D eigenvalue weighted by Gasteiger charge is 2.07. The third-order valence-corrected chi connectivity index (χ3v) is 3.45. The molecule has 1 heterocycles.